The molecule has 3 nitrogen and oxygen atoms in total. The highest BCUT2D eigenvalue weighted by Crippen LogP contribution is 2.31. The molecule has 0 radical (unpaired) electrons. The van der Waals surface area contributed by atoms with E-state index < -0.39 is 0 Å². The van der Waals surface area contributed by atoms with Crippen molar-refractivity contribution in [2.75, 3.05) is 13.1 Å². The average Bonchev–Trinajstić information content (AvgIpc) is 3.14. The Bertz CT molecular complexity index is 749. The number of hydrogen-bond acceptors (Lipinski definition) is 4. The number of halogens is 1. The molecule has 3 aromatic rings. The van der Waals surface area contributed by atoms with Crippen LogP contribution in [0.15, 0.2) is 44.6 Å². The van der Waals surface area contributed by atoms with Crippen LogP contribution in [0.4, 0.5) is 0 Å². The number of nitrogens with zero attached hydrogens (tertiary/aromatic N) is 2. The Morgan fingerprint density at radius 1 is 1.32 bits per heavy atom. The third kappa shape index (κ3) is 2.85. The Morgan fingerprint density at radius 3 is 3.05 bits per heavy atom. The summed E-state index contributed by atoms with van der Waals surface area (Å²) in [5.41, 5.74) is 1.87. The molecule has 22 heavy (non-hydrogen) atoms. The Balaban J connectivity index is 1.51. The van der Waals surface area contributed by atoms with Gasteiger partial charge in [-0.15, -0.1) is 11.3 Å². The van der Waals surface area contributed by atoms with E-state index in [0.29, 0.717) is 5.92 Å². The maximum Gasteiger partial charge on any atom is 0.199 e. The first-order valence-corrected chi connectivity index (χ1v) is 9.26. The third-order valence-corrected chi connectivity index (χ3v) is 6.13. The van der Waals surface area contributed by atoms with Crippen LogP contribution in [-0.2, 0) is 6.54 Å². The maximum absolute atomic E-state index is 5.97. The van der Waals surface area contributed by atoms with Gasteiger partial charge in [0.2, 0.25) is 0 Å². The summed E-state index contributed by atoms with van der Waals surface area (Å²) in [4.78, 5) is 8.60. The number of likely N-dealkylation sites (tertiary alicyclic amines) is 1. The van der Waals surface area contributed by atoms with Crippen molar-refractivity contribution in [1.29, 1.82) is 0 Å². The topological polar surface area (TPSA) is 29.3 Å². The number of para-hydroxylation sites is 2. The summed E-state index contributed by atoms with van der Waals surface area (Å²) in [5.74, 6) is 1.30. The molecule has 114 valence electrons. The lowest BCUT2D eigenvalue weighted by atomic mass is 9.98. The van der Waals surface area contributed by atoms with Gasteiger partial charge in [0.15, 0.2) is 11.5 Å². The molecule has 0 N–H and O–H groups in total. The van der Waals surface area contributed by atoms with Crippen LogP contribution in [0.2, 0.25) is 0 Å². The van der Waals surface area contributed by atoms with Crippen LogP contribution >= 0.6 is 27.3 Å². The van der Waals surface area contributed by atoms with E-state index in [9.17, 15) is 0 Å². The zero-order chi connectivity index (χ0) is 14.9. The molecule has 1 aromatic carbocycles. The van der Waals surface area contributed by atoms with Crippen molar-refractivity contribution in [3.05, 3.63) is 51.0 Å². The molecule has 1 atom stereocenters. The molecule has 1 saturated heterocycles. The Hall–Kier alpha value is -1.17. The lowest BCUT2D eigenvalue weighted by Gasteiger charge is -2.30. The van der Waals surface area contributed by atoms with E-state index in [-0.39, 0.29) is 0 Å². The molecule has 1 aliphatic rings. The summed E-state index contributed by atoms with van der Waals surface area (Å²) in [6.07, 6.45) is 2.36. The van der Waals surface area contributed by atoms with E-state index >= 15 is 0 Å². The number of thiophene rings is 1. The summed E-state index contributed by atoms with van der Waals surface area (Å²) in [5, 5.41) is 2.14. The van der Waals surface area contributed by atoms with E-state index in [4.69, 9.17) is 4.42 Å². The number of rotatable bonds is 3. The smallest absolute Gasteiger partial charge is 0.199 e. The number of aromatic nitrogens is 1. The quantitative estimate of drug-likeness (QED) is 0.641. The second-order valence-corrected chi connectivity index (χ2v) is 7.64. The fourth-order valence-electron chi connectivity index (χ4n) is 3.11. The van der Waals surface area contributed by atoms with Gasteiger partial charge in [-0.05, 0) is 58.9 Å². The average molecular weight is 377 g/mol. The van der Waals surface area contributed by atoms with Crippen molar-refractivity contribution in [1.82, 2.24) is 9.88 Å². The molecule has 0 amide bonds. The van der Waals surface area contributed by atoms with Crippen LogP contribution < -0.4 is 0 Å². The van der Waals surface area contributed by atoms with Gasteiger partial charge in [-0.2, -0.15) is 0 Å². The Kier molecular flexibility index (Phi) is 4.03. The monoisotopic (exact) mass is 376 g/mol. The SMILES string of the molecule is Brc1ccsc1CN1CCCC(c2nc3ccccc3o2)C1. The molecule has 0 spiro atoms. The first kappa shape index (κ1) is 14.4. The molecule has 0 bridgehead atoms. The minimum Gasteiger partial charge on any atom is -0.440 e. The standard InChI is InChI=1S/C17H17BrN2OS/c18-13-7-9-22-16(13)11-20-8-3-4-12(10-20)17-19-14-5-1-2-6-15(14)21-17/h1-2,5-7,9,12H,3-4,8,10-11H2. The number of benzene rings is 1. The highest BCUT2D eigenvalue weighted by atomic mass is 79.9. The van der Waals surface area contributed by atoms with Crippen molar-refractivity contribution in [2.24, 2.45) is 0 Å². The first-order chi connectivity index (χ1) is 10.8. The van der Waals surface area contributed by atoms with E-state index in [1.54, 1.807) is 0 Å². The Morgan fingerprint density at radius 2 is 2.23 bits per heavy atom. The van der Waals surface area contributed by atoms with Gasteiger partial charge in [-0.3, -0.25) is 4.90 Å². The van der Waals surface area contributed by atoms with Gasteiger partial charge in [0.05, 0.1) is 0 Å². The predicted molar refractivity (Wildman–Crippen MR) is 93.3 cm³/mol. The minimum absolute atomic E-state index is 0.403. The summed E-state index contributed by atoms with van der Waals surface area (Å²) >= 11 is 5.45. The molecule has 5 heteroatoms. The van der Waals surface area contributed by atoms with Crippen molar-refractivity contribution in [3.8, 4) is 0 Å². The van der Waals surface area contributed by atoms with E-state index in [2.05, 4.69) is 37.3 Å². The zero-order valence-corrected chi connectivity index (χ0v) is 14.6. The molecule has 0 saturated carbocycles. The summed E-state index contributed by atoms with van der Waals surface area (Å²) in [6.45, 7) is 3.19. The third-order valence-electron chi connectivity index (χ3n) is 4.22. The lowest BCUT2D eigenvalue weighted by Crippen LogP contribution is -2.33. The first-order valence-electron chi connectivity index (χ1n) is 7.59. The summed E-state index contributed by atoms with van der Waals surface area (Å²) < 4.78 is 7.19. The summed E-state index contributed by atoms with van der Waals surface area (Å²) in [6, 6.07) is 10.2. The molecule has 0 aliphatic carbocycles. The van der Waals surface area contributed by atoms with Gasteiger partial charge in [-0.1, -0.05) is 12.1 Å². The van der Waals surface area contributed by atoms with Crippen molar-refractivity contribution in [2.45, 2.75) is 25.3 Å². The van der Waals surface area contributed by atoms with Crippen molar-refractivity contribution < 1.29 is 4.42 Å². The van der Waals surface area contributed by atoms with Gasteiger partial charge in [0.1, 0.15) is 5.52 Å². The Labute approximate surface area is 142 Å². The maximum atomic E-state index is 5.97. The lowest BCUT2D eigenvalue weighted by molar-refractivity contribution is 0.188. The fraction of sp³-hybridized carbons (Fsp3) is 0.353. The van der Waals surface area contributed by atoms with Gasteiger partial charge < -0.3 is 4.42 Å². The summed E-state index contributed by atoms with van der Waals surface area (Å²) in [7, 11) is 0. The molecule has 1 fully saturated rings. The van der Waals surface area contributed by atoms with Gasteiger partial charge in [0, 0.05) is 28.4 Å². The normalized spacial score (nSPS) is 19.8. The molecular formula is C17H17BrN2OS. The number of hydrogen-bond donors (Lipinski definition) is 0. The molecular weight excluding hydrogens is 360 g/mol. The molecule has 4 rings (SSSR count). The van der Waals surface area contributed by atoms with Gasteiger partial charge >= 0.3 is 0 Å². The highest BCUT2D eigenvalue weighted by Gasteiger charge is 2.25. The van der Waals surface area contributed by atoms with Crippen LogP contribution in [0, 0.1) is 0 Å². The fourth-order valence-corrected chi connectivity index (χ4v) is 4.63. The van der Waals surface area contributed by atoms with Crippen LogP contribution in [0.25, 0.3) is 11.1 Å². The number of fused-ring (bicyclic) bond motifs is 1. The number of piperidine rings is 1. The molecule has 1 aliphatic heterocycles. The van der Waals surface area contributed by atoms with E-state index in [0.717, 1.165) is 43.0 Å². The zero-order valence-electron chi connectivity index (χ0n) is 12.2. The van der Waals surface area contributed by atoms with Crippen LogP contribution in [-0.4, -0.2) is 23.0 Å². The van der Waals surface area contributed by atoms with Gasteiger partial charge in [-0.25, -0.2) is 4.98 Å². The molecule has 3 heterocycles. The van der Waals surface area contributed by atoms with E-state index in [1.165, 1.54) is 15.8 Å². The van der Waals surface area contributed by atoms with Crippen LogP contribution in [0.3, 0.4) is 0 Å². The van der Waals surface area contributed by atoms with Crippen LogP contribution in [0.5, 0.6) is 0 Å². The molecule has 1 unspecified atom stereocenters. The van der Waals surface area contributed by atoms with E-state index in [1.807, 2.05) is 35.6 Å². The minimum atomic E-state index is 0.403. The highest BCUT2D eigenvalue weighted by molar-refractivity contribution is 9.10. The largest absolute Gasteiger partial charge is 0.440 e. The van der Waals surface area contributed by atoms with Crippen molar-refractivity contribution in [3.63, 3.8) is 0 Å². The second-order valence-electron chi connectivity index (χ2n) is 5.79. The number of oxazole rings is 1. The predicted octanol–water partition coefficient (Wildman–Crippen LogP) is 5.03. The van der Waals surface area contributed by atoms with Crippen molar-refractivity contribution >= 4 is 38.4 Å². The second kappa shape index (κ2) is 6.14. The molecule has 2 aromatic heterocycles. The van der Waals surface area contributed by atoms with Gasteiger partial charge in [0.25, 0.3) is 0 Å². The van der Waals surface area contributed by atoms with Crippen LogP contribution in [0.1, 0.15) is 29.5 Å².